The van der Waals surface area contributed by atoms with E-state index in [9.17, 15) is 0 Å². The lowest BCUT2D eigenvalue weighted by atomic mass is 10.1. The molecule has 0 amide bonds. The van der Waals surface area contributed by atoms with Crippen LogP contribution in [-0.4, -0.2) is 35.6 Å². The summed E-state index contributed by atoms with van der Waals surface area (Å²) in [5.74, 6) is 0. The Bertz CT molecular complexity index is 397. The number of aryl methyl sites for hydroxylation is 1. The molecule has 0 spiro atoms. The summed E-state index contributed by atoms with van der Waals surface area (Å²) in [7, 11) is 0. The van der Waals surface area contributed by atoms with Crippen molar-refractivity contribution in [1.29, 1.82) is 0 Å². The summed E-state index contributed by atoms with van der Waals surface area (Å²) >= 11 is 0. The van der Waals surface area contributed by atoms with Gasteiger partial charge in [-0.2, -0.15) is 0 Å². The maximum Gasteiger partial charge on any atom is 0.0547 e. The molecule has 0 aromatic carbocycles. The van der Waals surface area contributed by atoms with Crippen molar-refractivity contribution in [2.75, 3.05) is 19.6 Å². The topological polar surface area (TPSA) is 28.2 Å². The second-order valence-corrected chi connectivity index (χ2v) is 6.28. The Labute approximate surface area is 130 Å². The fourth-order valence-electron chi connectivity index (χ4n) is 3.18. The van der Waals surface area contributed by atoms with Gasteiger partial charge in [0, 0.05) is 31.4 Å². The van der Waals surface area contributed by atoms with E-state index in [4.69, 9.17) is 0 Å². The zero-order chi connectivity index (χ0) is 14.9. The molecule has 1 saturated carbocycles. The molecule has 0 unspecified atom stereocenters. The van der Waals surface area contributed by atoms with Gasteiger partial charge in [-0.05, 0) is 38.4 Å². The van der Waals surface area contributed by atoms with Crippen molar-refractivity contribution >= 4 is 0 Å². The summed E-state index contributed by atoms with van der Waals surface area (Å²) < 4.78 is 0. The maximum atomic E-state index is 4.61. The maximum absolute atomic E-state index is 4.61. The van der Waals surface area contributed by atoms with Crippen LogP contribution in [0.3, 0.4) is 0 Å². The highest BCUT2D eigenvalue weighted by molar-refractivity contribution is 5.09. The Morgan fingerprint density at radius 3 is 2.62 bits per heavy atom. The van der Waals surface area contributed by atoms with E-state index in [1.165, 1.54) is 44.2 Å². The summed E-state index contributed by atoms with van der Waals surface area (Å²) in [6.45, 7) is 8.56. The summed E-state index contributed by atoms with van der Waals surface area (Å²) in [4.78, 5) is 7.09. The zero-order valence-corrected chi connectivity index (χ0v) is 13.8. The van der Waals surface area contributed by atoms with Gasteiger partial charge in [-0.1, -0.05) is 38.7 Å². The van der Waals surface area contributed by atoms with Crippen LogP contribution in [0.1, 0.15) is 56.8 Å². The van der Waals surface area contributed by atoms with Gasteiger partial charge in [0.15, 0.2) is 0 Å². The number of hydrogen-bond acceptors (Lipinski definition) is 3. The fourth-order valence-corrected chi connectivity index (χ4v) is 3.18. The van der Waals surface area contributed by atoms with Gasteiger partial charge in [-0.3, -0.25) is 9.88 Å². The first-order valence-electron chi connectivity index (χ1n) is 8.66. The average Bonchev–Trinajstić information content (AvgIpc) is 2.75. The fraction of sp³-hybridized carbons (Fsp3) is 0.722. The summed E-state index contributed by atoms with van der Waals surface area (Å²) in [5, 5.41) is 3.76. The minimum Gasteiger partial charge on any atom is -0.313 e. The van der Waals surface area contributed by atoms with E-state index in [1.54, 1.807) is 0 Å². The van der Waals surface area contributed by atoms with E-state index >= 15 is 0 Å². The molecule has 0 atom stereocenters. The van der Waals surface area contributed by atoms with Crippen LogP contribution in [0.15, 0.2) is 18.2 Å². The van der Waals surface area contributed by atoms with Crippen LogP contribution >= 0.6 is 0 Å². The highest BCUT2D eigenvalue weighted by atomic mass is 15.1. The van der Waals surface area contributed by atoms with Gasteiger partial charge in [-0.25, -0.2) is 0 Å². The first-order valence-corrected chi connectivity index (χ1v) is 8.66. The first kappa shape index (κ1) is 16.4. The molecule has 1 aromatic rings. The molecule has 1 fully saturated rings. The Kier molecular flexibility index (Phi) is 7.17. The molecule has 0 saturated heterocycles. The van der Waals surface area contributed by atoms with Gasteiger partial charge in [0.1, 0.15) is 0 Å². The predicted molar refractivity (Wildman–Crippen MR) is 89.4 cm³/mol. The smallest absolute Gasteiger partial charge is 0.0547 e. The monoisotopic (exact) mass is 289 g/mol. The summed E-state index contributed by atoms with van der Waals surface area (Å²) in [6.07, 6.45) is 8.40. The number of nitrogens with one attached hydrogen (secondary N) is 1. The van der Waals surface area contributed by atoms with E-state index in [0.717, 1.165) is 37.9 Å². The van der Waals surface area contributed by atoms with Crippen LogP contribution in [0, 0.1) is 6.92 Å². The Morgan fingerprint density at radius 1 is 1.19 bits per heavy atom. The van der Waals surface area contributed by atoms with Gasteiger partial charge in [-0.15, -0.1) is 0 Å². The third-order valence-corrected chi connectivity index (χ3v) is 4.50. The van der Waals surface area contributed by atoms with Crippen LogP contribution in [0.5, 0.6) is 0 Å². The third kappa shape index (κ3) is 6.15. The van der Waals surface area contributed by atoms with Crippen molar-refractivity contribution in [2.24, 2.45) is 0 Å². The van der Waals surface area contributed by atoms with Crippen LogP contribution in [0.25, 0.3) is 0 Å². The third-order valence-electron chi connectivity index (χ3n) is 4.50. The van der Waals surface area contributed by atoms with E-state index in [2.05, 4.69) is 47.2 Å². The van der Waals surface area contributed by atoms with Crippen molar-refractivity contribution in [1.82, 2.24) is 15.2 Å². The lowest BCUT2D eigenvalue weighted by Crippen LogP contribution is -2.37. The van der Waals surface area contributed by atoms with Gasteiger partial charge >= 0.3 is 0 Å². The molecule has 2 rings (SSSR count). The molecule has 1 aromatic heterocycles. The van der Waals surface area contributed by atoms with Crippen LogP contribution in [-0.2, 0) is 6.54 Å². The Balaban J connectivity index is 1.72. The molecular weight excluding hydrogens is 258 g/mol. The minimum atomic E-state index is 0.753. The highest BCUT2D eigenvalue weighted by Gasteiger charge is 2.12. The van der Waals surface area contributed by atoms with Crippen molar-refractivity contribution in [2.45, 2.75) is 65.0 Å². The molecular formula is C18H31N3. The molecule has 0 aliphatic heterocycles. The molecule has 21 heavy (non-hydrogen) atoms. The predicted octanol–water partition coefficient (Wildman–Crippen LogP) is 3.52. The molecule has 3 nitrogen and oxygen atoms in total. The second-order valence-electron chi connectivity index (χ2n) is 6.28. The SMILES string of the molecule is CCN(CCNC1CCCCCC1)Cc1cccc(C)n1. The van der Waals surface area contributed by atoms with Gasteiger partial charge in [0.25, 0.3) is 0 Å². The second kappa shape index (κ2) is 9.16. The van der Waals surface area contributed by atoms with Crippen LogP contribution in [0.4, 0.5) is 0 Å². The van der Waals surface area contributed by atoms with E-state index < -0.39 is 0 Å². The van der Waals surface area contributed by atoms with Gasteiger partial charge in [0.2, 0.25) is 0 Å². The first-order chi connectivity index (χ1) is 10.3. The van der Waals surface area contributed by atoms with Gasteiger partial charge < -0.3 is 5.32 Å². The molecule has 118 valence electrons. The molecule has 0 radical (unpaired) electrons. The largest absolute Gasteiger partial charge is 0.313 e. The zero-order valence-electron chi connectivity index (χ0n) is 13.8. The normalized spacial score (nSPS) is 17.1. The standard InChI is InChI=1S/C18H31N3/c1-3-21(15-18-12-8-9-16(2)20-18)14-13-19-17-10-6-4-5-7-11-17/h8-9,12,17,19H,3-7,10-11,13-15H2,1-2H3. The quantitative estimate of drug-likeness (QED) is 0.778. The number of rotatable bonds is 7. The number of likely N-dealkylation sites (N-methyl/N-ethyl adjacent to an activating group) is 1. The average molecular weight is 289 g/mol. The van der Waals surface area contributed by atoms with Crippen LogP contribution in [0.2, 0.25) is 0 Å². The Hall–Kier alpha value is -0.930. The van der Waals surface area contributed by atoms with Gasteiger partial charge in [0.05, 0.1) is 5.69 Å². The van der Waals surface area contributed by atoms with Crippen LogP contribution < -0.4 is 5.32 Å². The Morgan fingerprint density at radius 2 is 1.95 bits per heavy atom. The van der Waals surface area contributed by atoms with Crippen molar-refractivity contribution in [3.05, 3.63) is 29.6 Å². The van der Waals surface area contributed by atoms with Crippen molar-refractivity contribution < 1.29 is 0 Å². The summed E-state index contributed by atoms with van der Waals surface area (Å²) in [6, 6.07) is 7.06. The lowest BCUT2D eigenvalue weighted by molar-refractivity contribution is 0.268. The number of nitrogens with zero attached hydrogens (tertiary/aromatic N) is 2. The van der Waals surface area contributed by atoms with Crippen molar-refractivity contribution in [3.8, 4) is 0 Å². The lowest BCUT2D eigenvalue weighted by Gasteiger charge is -2.23. The highest BCUT2D eigenvalue weighted by Crippen LogP contribution is 2.16. The van der Waals surface area contributed by atoms with E-state index in [0.29, 0.717) is 0 Å². The number of pyridine rings is 1. The summed E-state index contributed by atoms with van der Waals surface area (Å²) in [5.41, 5.74) is 2.30. The molecule has 3 heteroatoms. The molecule has 1 aliphatic rings. The van der Waals surface area contributed by atoms with E-state index in [-0.39, 0.29) is 0 Å². The minimum absolute atomic E-state index is 0.753. The number of hydrogen-bond donors (Lipinski definition) is 1. The molecule has 1 N–H and O–H groups in total. The molecule has 0 bridgehead atoms. The molecule has 1 aliphatic carbocycles. The number of aromatic nitrogens is 1. The van der Waals surface area contributed by atoms with E-state index in [1.807, 2.05) is 0 Å². The molecule has 1 heterocycles. The van der Waals surface area contributed by atoms with Crippen molar-refractivity contribution in [3.63, 3.8) is 0 Å².